The predicted octanol–water partition coefficient (Wildman–Crippen LogP) is 2.95. The third kappa shape index (κ3) is 3.36. The third-order valence-electron chi connectivity index (χ3n) is 4.63. The van der Waals surface area contributed by atoms with Crippen LogP contribution in [0, 0.1) is 5.92 Å². The molecule has 1 fully saturated rings. The highest BCUT2D eigenvalue weighted by Gasteiger charge is 2.36. The van der Waals surface area contributed by atoms with Crippen LogP contribution in [0.15, 0.2) is 48.5 Å². The molecule has 1 atom stereocenters. The van der Waals surface area contributed by atoms with Gasteiger partial charge < -0.3 is 10.1 Å². The third-order valence-corrected chi connectivity index (χ3v) is 4.63. The van der Waals surface area contributed by atoms with Gasteiger partial charge >= 0.3 is 0 Å². The fourth-order valence-corrected chi connectivity index (χ4v) is 3.29. The minimum Gasteiger partial charge on any atom is -0.494 e. The zero-order valence-electron chi connectivity index (χ0n) is 14.9. The highest BCUT2D eigenvalue weighted by atomic mass is 16.5. The molecule has 1 aromatic heterocycles. The van der Waals surface area contributed by atoms with Crippen molar-refractivity contribution in [1.29, 1.82) is 0 Å². The van der Waals surface area contributed by atoms with Crippen molar-refractivity contribution >= 4 is 34.2 Å². The lowest BCUT2D eigenvalue weighted by atomic mass is 10.1. The second kappa shape index (κ2) is 7.11. The fourth-order valence-electron chi connectivity index (χ4n) is 3.29. The molecular formula is C20H20N4O3. The molecule has 2 aromatic carbocycles. The number of carbonyl (C=O) groups is 2. The first-order valence-corrected chi connectivity index (χ1v) is 8.93. The Labute approximate surface area is 156 Å². The van der Waals surface area contributed by atoms with Crippen molar-refractivity contribution in [2.75, 3.05) is 23.4 Å². The number of anilines is 2. The smallest absolute Gasteiger partial charge is 0.229 e. The van der Waals surface area contributed by atoms with E-state index in [1.165, 1.54) is 0 Å². The monoisotopic (exact) mass is 364 g/mol. The van der Waals surface area contributed by atoms with Crippen molar-refractivity contribution in [3.8, 4) is 5.75 Å². The van der Waals surface area contributed by atoms with E-state index in [-0.39, 0.29) is 18.2 Å². The lowest BCUT2D eigenvalue weighted by Gasteiger charge is -2.14. The van der Waals surface area contributed by atoms with Gasteiger partial charge in [-0.15, -0.1) is 0 Å². The molecule has 0 spiro atoms. The van der Waals surface area contributed by atoms with Gasteiger partial charge in [-0.1, -0.05) is 12.1 Å². The number of ether oxygens (including phenoxy) is 1. The van der Waals surface area contributed by atoms with Crippen molar-refractivity contribution in [3.05, 3.63) is 48.5 Å². The van der Waals surface area contributed by atoms with Crippen LogP contribution in [0.5, 0.6) is 5.75 Å². The van der Waals surface area contributed by atoms with Gasteiger partial charge in [0.1, 0.15) is 5.75 Å². The number of para-hydroxylation sites is 1. The van der Waals surface area contributed by atoms with Gasteiger partial charge in [-0.2, -0.15) is 5.10 Å². The second-order valence-corrected chi connectivity index (χ2v) is 6.44. The second-order valence-electron chi connectivity index (χ2n) is 6.44. The molecule has 1 aliphatic rings. The van der Waals surface area contributed by atoms with Crippen molar-refractivity contribution in [2.45, 2.75) is 13.3 Å². The number of H-pyrrole nitrogens is 1. The molecule has 2 amide bonds. The fraction of sp³-hybridized carbons (Fsp3) is 0.250. The number of nitrogens with one attached hydrogen (secondary N) is 2. The SMILES string of the molecule is CCOc1ccc(NC(=O)C2CC(=O)N(c3n[nH]c4ccccc34)C2)cc1. The number of hydrogen-bond donors (Lipinski definition) is 2. The number of amides is 2. The molecule has 3 aromatic rings. The molecule has 0 aliphatic carbocycles. The molecule has 2 heterocycles. The summed E-state index contributed by atoms with van der Waals surface area (Å²) in [5, 5.41) is 10.9. The number of carbonyl (C=O) groups excluding carboxylic acids is 2. The van der Waals surface area contributed by atoms with Crippen LogP contribution in [-0.4, -0.2) is 35.2 Å². The van der Waals surface area contributed by atoms with E-state index in [1.807, 2.05) is 31.2 Å². The van der Waals surface area contributed by atoms with Gasteiger partial charge in [-0.3, -0.25) is 19.6 Å². The van der Waals surface area contributed by atoms with Crippen molar-refractivity contribution in [1.82, 2.24) is 10.2 Å². The summed E-state index contributed by atoms with van der Waals surface area (Å²) in [5.41, 5.74) is 1.54. The Balaban J connectivity index is 1.46. The molecule has 4 rings (SSSR count). The van der Waals surface area contributed by atoms with Crippen LogP contribution in [0.1, 0.15) is 13.3 Å². The molecule has 1 saturated heterocycles. The molecule has 7 nitrogen and oxygen atoms in total. The van der Waals surface area contributed by atoms with Gasteiger partial charge in [0, 0.05) is 24.0 Å². The van der Waals surface area contributed by atoms with E-state index in [1.54, 1.807) is 29.2 Å². The number of benzene rings is 2. The Morgan fingerprint density at radius 1 is 1.26 bits per heavy atom. The van der Waals surface area contributed by atoms with E-state index in [0.717, 1.165) is 16.7 Å². The van der Waals surface area contributed by atoms with Crippen LogP contribution < -0.4 is 15.0 Å². The zero-order valence-corrected chi connectivity index (χ0v) is 14.9. The van der Waals surface area contributed by atoms with Crippen LogP contribution in [-0.2, 0) is 9.59 Å². The maximum absolute atomic E-state index is 12.6. The van der Waals surface area contributed by atoms with E-state index in [0.29, 0.717) is 24.7 Å². The first-order valence-electron chi connectivity index (χ1n) is 8.93. The topological polar surface area (TPSA) is 87.3 Å². The van der Waals surface area contributed by atoms with E-state index in [9.17, 15) is 9.59 Å². The van der Waals surface area contributed by atoms with Crippen LogP contribution in [0.3, 0.4) is 0 Å². The van der Waals surface area contributed by atoms with Gasteiger partial charge in [0.25, 0.3) is 0 Å². The Morgan fingerprint density at radius 2 is 2.04 bits per heavy atom. The van der Waals surface area contributed by atoms with Crippen molar-refractivity contribution in [2.24, 2.45) is 5.92 Å². The van der Waals surface area contributed by atoms with Crippen LogP contribution in [0.2, 0.25) is 0 Å². The molecule has 1 aliphatic heterocycles. The van der Waals surface area contributed by atoms with E-state index < -0.39 is 5.92 Å². The van der Waals surface area contributed by atoms with Gasteiger partial charge in [-0.05, 0) is 43.3 Å². The number of rotatable bonds is 5. The summed E-state index contributed by atoms with van der Waals surface area (Å²) in [5.74, 6) is 0.642. The Hall–Kier alpha value is -3.35. The molecule has 0 radical (unpaired) electrons. The Morgan fingerprint density at radius 3 is 2.81 bits per heavy atom. The van der Waals surface area contributed by atoms with Crippen LogP contribution in [0.4, 0.5) is 11.5 Å². The lowest BCUT2D eigenvalue weighted by Crippen LogP contribution is -2.28. The minimum atomic E-state index is -0.417. The molecule has 7 heteroatoms. The normalized spacial score (nSPS) is 16.7. The largest absolute Gasteiger partial charge is 0.494 e. The van der Waals surface area contributed by atoms with Crippen LogP contribution in [0.25, 0.3) is 10.9 Å². The predicted molar refractivity (Wildman–Crippen MR) is 103 cm³/mol. The average Bonchev–Trinajstić information content (AvgIpc) is 3.27. The summed E-state index contributed by atoms with van der Waals surface area (Å²) >= 11 is 0. The minimum absolute atomic E-state index is 0.0981. The number of aromatic nitrogens is 2. The Bertz CT molecular complexity index is 980. The van der Waals surface area contributed by atoms with E-state index in [4.69, 9.17) is 4.74 Å². The summed E-state index contributed by atoms with van der Waals surface area (Å²) in [6, 6.07) is 14.8. The number of hydrogen-bond acceptors (Lipinski definition) is 4. The zero-order chi connectivity index (χ0) is 18.8. The lowest BCUT2D eigenvalue weighted by molar-refractivity contribution is -0.122. The molecule has 1 unspecified atom stereocenters. The quantitative estimate of drug-likeness (QED) is 0.729. The van der Waals surface area contributed by atoms with Gasteiger partial charge in [0.05, 0.1) is 18.0 Å². The highest BCUT2D eigenvalue weighted by Crippen LogP contribution is 2.30. The van der Waals surface area contributed by atoms with Crippen molar-refractivity contribution in [3.63, 3.8) is 0 Å². The molecule has 0 bridgehead atoms. The van der Waals surface area contributed by atoms with E-state index in [2.05, 4.69) is 15.5 Å². The van der Waals surface area contributed by atoms with E-state index >= 15 is 0 Å². The summed E-state index contributed by atoms with van der Waals surface area (Å²) in [7, 11) is 0. The number of aromatic amines is 1. The van der Waals surface area contributed by atoms with Gasteiger partial charge in [0.15, 0.2) is 5.82 Å². The molecule has 27 heavy (non-hydrogen) atoms. The average molecular weight is 364 g/mol. The van der Waals surface area contributed by atoms with Crippen LogP contribution >= 0.6 is 0 Å². The summed E-state index contributed by atoms with van der Waals surface area (Å²) in [4.78, 5) is 26.7. The molecule has 0 saturated carbocycles. The summed E-state index contributed by atoms with van der Waals surface area (Å²) in [6.07, 6.45) is 0.171. The molecule has 2 N–H and O–H groups in total. The first-order chi connectivity index (χ1) is 13.2. The maximum atomic E-state index is 12.6. The van der Waals surface area contributed by atoms with Gasteiger partial charge in [0.2, 0.25) is 11.8 Å². The standard InChI is InChI=1S/C20H20N4O3/c1-2-27-15-9-7-14(8-10-15)21-20(26)13-11-18(25)24(12-13)19-16-5-3-4-6-17(16)22-23-19/h3-10,13H,2,11-12H2,1H3,(H,21,26)(H,22,23). The molecule has 138 valence electrons. The number of fused-ring (bicyclic) bond motifs is 1. The summed E-state index contributed by atoms with van der Waals surface area (Å²) in [6.45, 7) is 2.82. The number of nitrogens with zero attached hydrogens (tertiary/aromatic N) is 2. The maximum Gasteiger partial charge on any atom is 0.229 e. The molecular weight excluding hydrogens is 344 g/mol. The Kier molecular flexibility index (Phi) is 4.50. The highest BCUT2D eigenvalue weighted by molar-refractivity contribution is 6.06. The van der Waals surface area contributed by atoms with Gasteiger partial charge in [-0.25, -0.2) is 0 Å². The van der Waals surface area contributed by atoms with Crippen molar-refractivity contribution < 1.29 is 14.3 Å². The summed E-state index contributed by atoms with van der Waals surface area (Å²) < 4.78 is 5.40. The first kappa shape index (κ1) is 17.1.